The Balaban J connectivity index is 2.55. The van der Waals surface area contributed by atoms with Crippen LogP contribution in [0.15, 0.2) is 12.1 Å². The summed E-state index contributed by atoms with van der Waals surface area (Å²) in [7, 11) is 0. The smallest absolute Gasteiger partial charge is 0.193 e. The summed E-state index contributed by atoms with van der Waals surface area (Å²) in [6, 6.07) is 4.22. The van der Waals surface area contributed by atoms with Gasteiger partial charge >= 0.3 is 0 Å². The van der Waals surface area contributed by atoms with Gasteiger partial charge < -0.3 is 0 Å². The summed E-state index contributed by atoms with van der Waals surface area (Å²) in [6.45, 7) is 6.27. The van der Waals surface area contributed by atoms with Crippen LogP contribution in [-0.2, 0) is 9.78 Å². The first-order valence-electron chi connectivity index (χ1n) is 4.09. The Morgan fingerprint density at radius 2 is 1.58 bits per heavy atom. The molecule has 1 fully saturated rings. The van der Waals surface area contributed by atoms with Gasteiger partial charge in [0.05, 0.1) is 0 Å². The van der Waals surface area contributed by atoms with E-state index in [0.717, 1.165) is 0 Å². The molecule has 0 radical (unpaired) electrons. The second kappa shape index (κ2) is 2.57. The van der Waals surface area contributed by atoms with E-state index in [4.69, 9.17) is 9.78 Å². The molecular formula is C10H12O2. The zero-order chi connectivity index (χ0) is 8.72. The van der Waals surface area contributed by atoms with E-state index >= 15 is 0 Å². The Bertz CT molecular complexity index is 314. The molecule has 0 unspecified atom stereocenters. The molecule has 1 aromatic rings. The summed E-state index contributed by atoms with van der Waals surface area (Å²) < 4.78 is 0. The van der Waals surface area contributed by atoms with Crippen molar-refractivity contribution in [3.8, 4) is 0 Å². The summed E-state index contributed by atoms with van der Waals surface area (Å²) in [4.78, 5) is 9.62. The van der Waals surface area contributed by atoms with Crippen LogP contribution >= 0.6 is 0 Å². The first-order chi connectivity index (χ1) is 5.70. The van der Waals surface area contributed by atoms with Crippen LogP contribution in [-0.4, -0.2) is 0 Å². The monoisotopic (exact) mass is 164 g/mol. The minimum atomic E-state index is -0.107. The molecular weight excluding hydrogens is 152 g/mol. The molecule has 0 atom stereocenters. The number of hydrogen-bond acceptors (Lipinski definition) is 2. The fourth-order valence-electron chi connectivity index (χ4n) is 1.46. The topological polar surface area (TPSA) is 25.1 Å². The zero-order valence-electron chi connectivity index (χ0n) is 7.55. The van der Waals surface area contributed by atoms with Crippen LogP contribution in [0.25, 0.3) is 0 Å². The van der Waals surface area contributed by atoms with Crippen LogP contribution in [0.1, 0.15) is 28.5 Å². The summed E-state index contributed by atoms with van der Waals surface area (Å²) in [5.41, 5.74) is 4.99. The Kier molecular flexibility index (Phi) is 1.67. The molecule has 2 rings (SSSR count). The van der Waals surface area contributed by atoms with Crippen molar-refractivity contribution < 1.29 is 9.78 Å². The Morgan fingerprint density at radius 3 is 2.17 bits per heavy atom. The van der Waals surface area contributed by atoms with Crippen molar-refractivity contribution in [3.05, 3.63) is 34.4 Å². The third-order valence-electron chi connectivity index (χ3n) is 2.43. The van der Waals surface area contributed by atoms with Crippen molar-refractivity contribution >= 4 is 0 Å². The Labute approximate surface area is 72.0 Å². The molecule has 12 heavy (non-hydrogen) atoms. The zero-order valence-corrected chi connectivity index (χ0v) is 7.55. The van der Waals surface area contributed by atoms with Crippen molar-refractivity contribution in [2.45, 2.75) is 27.1 Å². The molecule has 0 saturated carbocycles. The minimum Gasteiger partial charge on any atom is -0.193 e. The van der Waals surface area contributed by atoms with Gasteiger partial charge in [-0.1, -0.05) is 12.1 Å². The highest BCUT2D eigenvalue weighted by Crippen LogP contribution is 2.36. The van der Waals surface area contributed by atoms with Crippen LogP contribution in [0.4, 0.5) is 0 Å². The van der Waals surface area contributed by atoms with Crippen molar-refractivity contribution in [3.63, 3.8) is 0 Å². The summed E-state index contributed by atoms with van der Waals surface area (Å²) in [5, 5.41) is 0. The maximum atomic E-state index is 4.81. The van der Waals surface area contributed by atoms with E-state index in [0.29, 0.717) is 0 Å². The number of benzene rings is 1. The first-order valence-corrected chi connectivity index (χ1v) is 4.09. The largest absolute Gasteiger partial charge is 0.250 e. The molecule has 64 valence electrons. The maximum absolute atomic E-state index is 4.81. The van der Waals surface area contributed by atoms with E-state index in [9.17, 15) is 0 Å². The lowest BCUT2D eigenvalue weighted by atomic mass is 9.98. The molecule has 0 aromatic heterocycles. The molecule has 1 aromatic carbocycles. The predicted molar refractivity (Wildman–Crippen MR) is 45.6 cm³/mol. The molecule has 0 amide bonds. The molecule has 0 aliphatic carbocycles. The van der Waals surface area contributed by atoms with Gasteiger partial charge in [0.25, 0.3) is 0 Å². The molecule has 1 heterocycles. The molecule has 2 heteroatoms. The van der Waals surface area contributed by atoms with Crippen LogP contribution < -0.4 is 0 Å². The van der Waals surface area contributed by atoms with Gasteiger partial charge in [-0.05, 0) is 37.5 Å². The standard InChI is InChI=1S/C10H12O2/c1-6-4-5-7(2)9(8(6)3)10-11-12-10/h4-5,10H,1-3H3. The van der Waals surface area contributed by atoms with Crippen molar-refractivity contribution in [2.75, 3.05) is 0 Å². The lowest BCUT2D eigenvalue weighted by Crippen LogP contribution is -1.93. The molecule has 1 saturated heterocycles. The van der Waals surface area contributed by atoms with Crippen LogP contribution in [0.3, 0.4) is 0 Å². The highest BCUT2D eigenvalue weighted by Gasteiger charge is 2.31. The third kappa shape index (κ3) is 1.13. The molecule has 0 bridgehead atoms. The van der Waals surface area contributed by atoms with Crippen LogP contribution in [0, 0.1) is 20.8 Å². The van der Waals surface area contributed by atoms with Gasteiger partial charge in [0.2, 0.25) is 6.29 Å². The molecule has 0 N–H and O–H groups in total. The van der Waals surface area contributed by atoms with Gasteiger partial charge in [-0.2, -0.15) is 9.78 Å². The third-order valence-corrected chi connectivity index (χ3v) is 2.43. The van der Waals surface area contributed by atoms with Crippen LogP contribution in [0.5, 0.6) is 0 Å². The summed E-state index contributed by atoms with van der Waals surface area (Å²) in [5.74, 6) is 0. The van der Waals surface area contributed by atoms with Gasteiger partial charge in [-0.25, -0.2) is 0 Å². The van der Waals surface area contributed by atoms with E-state index < -0.39 is 0 Å². The molecule has 2 nitrogen and oxygen atoms in total. The number of aryl methyl sites for hydroxylation is 2. The van der Waals surface area contributed by atoms with Gasteiger partial charge in [0.15, 0.2) is 0 Å². The van der Waals surface area contributed by atoms with Gasteiger partial charge in [0, 0.05) is 5.56 Å². The van der Waals surface area contributed by atoms with Crippen LogP contribution in [0.2, 0.25) is 0 Å². The quantitative estimate of drug-likeness (QED) is 0.470. The lowest BCUT2D eigenvalue weighted by Gasteiger charge is -2.07. The lowest BCUT2D eigenvalue weighted by molar-refractivity contribution is 0.0850. The average Bonchev–Trinajstić information content (AvgIpc) is 2.81. The first kappa shape index (κ1) is 7.77. The highest BCUT2D eigenvalue weighted by atomic mass is 17.4. The maximum Gasteiger partial charge on any atom is 0.250 e. The van der Waals surface area contributed by atoms with Crippen molar-refractivity contribution in [1.29, 1.82) is 0 Å². The molecule has 1 aliphatic heterocycles. The average molecular weight is 164 g/mol. The van der Waals surface area contributed by atoms with Crippen molar-refractivity contribution in [1.82, 2.24) is 0 Å². The Morgan fingerprint density at radius 1 is 1.00 bits per heavy atom. The SMILES string of the molecule is Cc1ccc(C)c(C2OO2)c1C. The summed E-state index contributed by atoms with van der Waals surface area (Å²) in [6.07, 6.45) is -0.107. The van der Waals surface area contributed by atoms with Gasteiger partial charge in [0.1, 0.15) is 0 Å². The van der Waals surface area contributed by atoms with Crippen molar-refractivity contribution in [2.24, 2.45) is 0 Å². The predicted octanol–water partition coefficient (Wildman–Crippen LogP) is 2.57. The normalized spacial score (nSPS) is 16.6. The molecule has 1 aliphatic rings. The summed E-state index contributed by atoms with van der Waals surface area (Å²) >= 11 is 0. The van der Waals surface area contributed by atoms with Gasteiger partial charge in [-0.15, -0.1) is 0 Å². The number of rotatable bonds is 1. The fraction of sp³-hybridized carbons (Fsp3) is 0.400. The van der Waals surface area contributed by atoms with E-state index in [1.54, 1.807) is 0 Å². The Hall–Kier alpha value is -0.860. The second-order valence-corrected chi connectivity index (χ2v) is 3.26. The highest BCUT2D eigenvalue weighted by molar-refractivity contribution is 5.40. The van der Waals surface area contributed by atoms with E-state index in [-0.39, 0.29) is 6.29 Å². The van der Waals surface area contributed by atoms with E-state index in [2.05, 4.69) is 32.9 Å². The minimum absolute atomic E-state index is 0.107. The van der Waals surface area contributed by atoms with E-state index in [1.807, 2.05) is 0 Å². The van der Waals surface area contributed by atoms with E-state index in [1.165, 1.54) is 22.3 Å². The fourth-order valence-corrected chi connectivity index (χ4v) is 1.46. The number of hydrogen-bond donors (Lipinski definition) is 0. The van der Waals surface area contributed by atoms with Gasteiger partial charge in [-0.3, -0.25) is 0 Å². The second-order valence-electron chi connectivity index (χ2n) is 3.26. The molecule has 0 spiro atoms.